The molecule has 0 atom stereocenters. The molecule has 5 heteroatoms. The Hall–Kier alpha value is -3.31. The van der Waals surface area contributed by atoms with Crippen molar-refractivity contribution in [1.82, 2.24) is 14.5 Å². The number of ether oxygens (including phenoxy) is 1. The van der Waals surface area contributed by atoms with Crippen LogP contribution in [-0.4, -0.2) is 15.7 Å². The van der Waals surface area contributed by atoms with E-state index < -0.39 is 0 Å². The van der Waals surface area contributed by atoms with Gasteiger partial charge in [0.2, 0.25) is 0 Å². The maximum atomic E-state index is 12.8. The van der Waals surface area contributed by atoms with E-state index in [4.69, 9.17) is 4.74 Å². The van der Waals surface area contributed by atoms with Gasteiger partial charge in [0.25, 0.3) is 5.56 Å². The van der Waals surface area contributed by atoms with Crippen molar-refractivity contribution in [3.8, 4) is 11.4 Å². The second kappa shape index (κ2) is 7.50. The van der Waals surface area contributed by atoms with Crippen LogP contribution in [0.15, 0.2) is 65.6 Å². The molecule has 0 aliphatic carbocycles. The molecule has 5 rings (SSSR count). The Bertz CT molecular complexity index is 1280. The van der Waals surface area contributed by atoms with Crippen LogP contribution in [-0.2, 0) is 26.6 Å². The molecule has 152 valence electrons. The van der Waals surface area contributed by atoms with Gasteiger partial charge in [-0.05, 0) is 36.2 Å². The lowest BCUT2D eigenvalue weighted by atomic mass is 10.1. The van der Waals surface area contributed by atoms with Crippen molar-refractivity contribution in [3.05, 3.63) is 93.5 Å². The minimum absolute atomic E-state index is 0.101. The van der Waals surface area contributed by atoms with Crippen LogP contribution in [0.3, 0.4) is 0 Å². The summed E-state index contributed by atoms with van der Waals surface area (Å²) in [4.78, 5) is 12.8. The summed E-state index contributed by atoms with van der Waals surface area (Å²) < 4.78 is 9.76. The molecule has 5 nitrogen and oxygen atoms in total. The third kappa shape index (κ3) is 3.31. The van der Waals surface area contributed by atoms with Crippen molar-refractivity contribution in [3.63, 3.8) is 0 Å². The molecule has 0 amide bonds. The highest BCUT2D eigenvalue weighted by Crippen LogP contribution is 2.29. The first kappa shape index (κ1) is 18.7. The highest BCUT2D eigenvalue weighted by atomic mass is 16.5. The molecule has 2 aromatic carbocycles. The number of aromatic nitrogens is 2. The SMILES string of the molecule is Cc1ccc(COc2ccn(-c3ccc4c5c(n(C)c4c3)CCNC5)c(=O)c2)cc1. The average molecular weight is 399 g/mol. The zero-order chi connectivity index (χ0) is 20.7. The molecule has 0 unspecified atom stereocenters. The fourth-order valence-electron chi connectivity index (χ4n) is 4.26. The molecule has 1 aliphatic rings. The van der Waals surface area contributed by atoms with Crippen LogP contribution in [0.25, 0.3) is 16.6 Å². The number of benzene rings is 2. The number of hydrogen-bond donors (Lipinski definition) is 1. The number of aryl methyl sites for hydroxylation is 2. The van der Waals surface area contributed by atoms with E-state index >= 15 is 0 Å². The number of pyridine rings is 1. The van der Waals surface area contributed by atoms with E-state index in [2.05, 4.69) is 48.1 Å². The fraction of sp³-hybridized carbons (Fsp3) is 0.240. The van der Waals surface area contributed by atoms with E-state index in [1.165, 1.54) is 22.2 Å². The highest BCUT2D eigenvalue weighted by molar-refractivity contribution is 5.87. The van der Waals surface area contributed by atoms with Crippen LogP contribution in [0.2, 0.25) is 0 Å². The van der Waals surface area contributed by atoms with E-state index in [0.717, 1.165) is 36.3 Å². The molecule has 0 saturated carbocycles. The number of nitrogens with zero attached hydrogens (tertiary/aromatic N) is 2. The molecule has 0 radical (unpaired) electrons. The van der Waals surface area contributed by atoms with Gasteiger partial charge < -0.3 is 14.6 Å². The second-order valence-electron chi connectivity index (χ2n) is 7.96. The smallest absolute Gasteiger partial charge is 0.258 e. The van der Waals surface area contributed by atoms with Gasteiger partial charge in [0.05, 0.1) is 11.2 Å². The van der Waals surface area contributed by atoms with Gasteiger partial charge in [-0.2, -0.15) is 0 Å². The molecule has 4 aromatic rings. The third-order valence-electron chi connectivity index (χ3n) is 5.96. The van der Waals surface area contributed by atoms with Crippen molar-refractivity contribution in [2.24, 2.45) is 7.05 Å². The van der Waals surface area contributed by atoms with Crippen molar-refractivity contribution in [2.45, 2.75) is 26.5 Å². The van der Waals surface area contributed by atoms with E-state index in [0.29, 0.717) is 12.4 Å². The molecule has 30 heavy (non-hydrogen) atoms. The van der Waals surface area contributed by atoms with Gasteiger partial charge in [-0.15, -0.1) is 0 Å². The zero-order valence-electron chi connectivity index (χ0n) is 17.3. The Morgan fingerprint density at radius 3 is 2.70 bits per heavy atom. The first-order chi connectivity index (χ1) is 14.6. The van der Waals surface area contributed by atoms with Gasteiger partial charge in [0.15, 0.2) is 0 Å². The van der Waals surface area contributed by atoms with Gasteiger partial charge in [-0.1, -0.05) is 35.9 Å². The van der Waals surface area contributed by atoms with Crippen molar-refractivity contribution < 1.29 is 4.74 Å². The standard InChI is InChI=1S/C25H25N3O2/c1-17-3-5-18(6-4-17)16-30-20-10-12-28(25(29)14-20)19-7-8-21-22-15-26-11-9-23(22)27(2)24(21)13-19/h3-8,10,12-14,26H,9,11,15-16H2,1-2H3. The van der Waals surface area contributed by atoms with Crippen molar-refractivity contribution in [1.29, 1.82) is 0 Å². The van der Waals surface area contributed by atoms with Crippen LogP contribution >= 0.6 is 0 Å². The molecule has 1 N–H and O–H groups in total. The summed E-state index contributed by atoms with van der Waals surface area (Å²) in [6.45, 7) is 4.41. The van der Waals surface area contributed by atoms with E-state index in [-0.39, 0.29) is 5.56 Å². The summed E-state index contributed by atoms with van der Waals surface area (Å²) in [5.41, 5.74) is 6.98. The molecule has 3 heterocycles. The molecular weight excluding hydrogens is 374 g/mol. The van der Waals surface area contributed by atoms with Gasteiger partial charge in [0.1, 0.15) is 12.4 Å². The predicted molar refractivity (Wildman–Crippen MR) is 119 cm³/mol. The lowest BCUT2D eigenvalue weighted by Crippen LogP contribution is -2.24. The Balaban J connectivity index is 1.43. The quantitative estimate of drug-likeness (QED) is 0.567. The second-order valence-corrected chi connectivity index (χ2v) is 7.96. The Morgan fingerprint density at radius 1 is 1.07 bits per heavy atom. The average Bonchev–Trinajstić information content (AvgIpc) is 3.05. The van der Waals surface area contributed by atoms with E-state index in [1.54, 1.807) is 16.8 Å². The number of fused-ring (bicyclic) bond motifs is 3. The minimum Gasteiger partial charge on any atom is -0.489 e. The summed E-state index contributed by atoms with van der Waals surface area (Å²) in [6, 6.07) is 17.9. The summed E-state index contributed by atoms with van der Waals surface area (Å²) in [5.74, 6) is 0.582. The number of nitrogens with one attached hydrogen (secondary N) is 1. The normalized spacial score (nSPS) is 13.4. The maximum absolute atomic E-state index is 12.8. The Morgan fingerprint density at radius 2 is 1.90 bits per heavy atom. The van der Waals surface area contributed by atoms with Crippen molar-refractivity contribution in [2.75, 3.05) is 6.54 Å². The van der Waals surface area contributed by atoms with Crippen LogP contribution in [0.5, 0.6) is 5.75 Å². The predicted octanol–water partition coefficient (Wildman–Crippen LogP) is 3.86. The van der Waals surface area contributed by atoms with Crippen LogP contribution in [0.1, 0.15) is 22.4 Å². The van der Waals surface area contributed by atoms with Gasteiger partial charge >= 0.3 is 0 Å². The van der Waals surface area contributed by atoms with Gasteiger partial charge in [0, 0.05) is 49.9 Å². The minimum atomic E-state index is -0.101. The van der Waals surface area contributed by atoms with Crippen LogP contribution < -0.4 is 15.6 Å². The molecule has 1 aliphatic heterocycles. The Kier molecular flexibility index (Phi) is 4.68. The number of rotatable bonds is 4. The molecule has 0 fully saturated rings. The lowest BCUT2D eigenvalue weighted by Gasteiger charge is -2.14. The first-order valence-corrected chi connectivity index (χ1v) is 10.3. The van der Waals surface area contributed by atoms with E-state index in [9.17, 15) is 4.79 Å². The van der Waals surface area contributed by atoms with Crippen molar-refractivity contribution >= 4 is 10.9 Å². The van der Waals surface area contributed by atoms with Gasteiger partial charge in [-0.3, -0.25) is 9.36 Å². The maximum Gasteiger partial charge on any atom is 0.258 e. The van der Waals surface area contributed by atoms with Crippen LogP contribution in [0.4, 0.5) is 0 Å². The van der Waals surface area contributed by atoms with Gasteiger partial charge in [-0.25, -0.2) is 0 Å². The zero-order valence-corrected chi connectivity index (χ0v) is 17.3. The summed E-state index contributed by atoms with van der Waals surface area (Å²) in [7, 11) is 2.11. The first-order valence-electron chi connectivity index (χ1n) is 10.3. The monoisotopic (exact) mass is 399 g/mol. The summed E-state index contributed by atoms with van der Waals surface area (Å²) >= 11 is 0. The van der Waals surface area contributed by atoms with E-state index in [1.807, 2.05) is 24.3 Å². The lowest BCUT2D eigenvalue weighted by molar-refractivity contribution is 0.305. The third-order valence-corrected chi connectivity index (χ3v) is 5.96. The fourth-order valence-corrected chi connectivity index (χ4v) is 4.26. The largest absolute Gasteiger partial charge is 0.489 e. The molecule has 2 aromatic heterocycles. The van der Waals surface area contributed by atoms with Crippen LogP contribution in [0, 0.1) is 6.92 Å². The highest BCUT2D eigenvalue weighted by Gasteiger charge is 2.18. The molecule has 0 spiro atoms. The molecule has 0 bridgehead atoms. The number of hydrogen-bond acceptors (Lipinski definition) is 3. The summed E-state index contributed by atoms with van der Waals surface area (Å²) in [6.07, 6.45) is 2.82. The topological polar surface area (TPSA) is 48.2 Å². The Labute approximate surface area is 175 Å². The molecule has 0 saturated heterocycles. The molecular formula is C25H25N3O2. The summed E-state index contributed by atoms with van der Waals surface area (Å²) in [5, 5.41) is 4.71.